The van der Waals surface area contributed by atoms with Crippen molar-refractivity contribution in [3.63, 3.8) is 0 Å². The Balaban J connectivity index is 2.55. The van der Waals surface area contributed by atoms with Crippen LogP contribution in [-0.4, -0.2) is 24.8 Å². The summed E-state index contributed by atoms with van der Waals surface area (Å²) in [6.45, 7) is 0. The standard InChI is InChI=1S/C17H15I2NO/c1-20(2)11-14(12-7-3-5-9-15(12)18)17(21)13-8-4-6-10-16(13)19/h3-11H,1-2H3/b14-11+. The number of allylic oxidation sites excluding steroid dienone is 1. The molecule has 2 aromatic carbocycles. The highest BCUT2D eigenvalue weighted by atomic mass is 127. The minimum atomic E-state index is 0.0535. The molecule has 0 aliphatic heterocycles. The Morgan fingerprint density at radius 2 is 1.38 bits per heavy atom. The van der Waals surface area contributed by atoms with Crippen LogP contribution in [0.15, 0.2) is 54.7 Å². The average molecular weight is 503 g/mol. The lowest BCUT2D eigenvalue weighted by Gasteiger charge is -2.14. The highest BCUT2D eigenvalue weighted by Crippen LogP contribution is 2.26. The lowest BCUT2D eigenvalue weighted by molar-refractivity contribution is 0.105. The molecule has 0 N–H and O–H groups in total. The van der Waals surface area contributed by atoms with Gasteiger partial charge >= 0.3 is 0 Å². The summed E-state index contributed by atoms with van der Waals surface area (Å²) < 4.78 is 2.04. The van der Waals surface area contributed by atoms with Crippen LogP contribution in [0.2, 0.25) is 0 Å². The molecule has 0 saturated carbocycles. The Labute approximate surface area is 152 Å². The Morgan fingerprint density at radius 1 is 0.905 bits per heavy atom. The highest BCUT2D eigenvalue weighted by molar-refractivity contribution is 14.1. The van der Waals surface area contributed by atoms with Crippen molar-refractivity contribution in [1.29, 1.82) is 0 Å². The zero-order valence-electron chi connectivity index (χ0n) is 11.8. The van der Waals surface area contributed by atoms with Gasteiger partial charge in [-0.15, -0.1) is 0 Å². The number of carbonyl (C=O) groups excluding carboxylic acids is 1. The molecule has 0 aliphatic rings. The number of ketones is 1. The van der Waals surface area contributed by atoms with Gasteiger partial charge in [0.1, 0.15) is 0 Å². The molecule has 0 radical (unpaired) electrons. The van der Waals surface area contributed by atoms with E-state index in [1.807, 2.05) is 73.7 Å². The molecule has 2 nitrogen and oxygen atoms in total. The van der Waals surface area contributed by atoms with E-state index in [0.717, 1.165) is 18.3 Å². The lowest BCUT2D eigenvalue weighted by Crippen LogP contribution is -2.11. The minimum absolute atomic E-state index is 0.0535. The molecule has 2 aromatic rings. The van der Waals surface area contributed by atoms with Gasteiger partial charge in [-0.25, -0.2) is 0 Å². The molecule has 0 aliphatic carbocycles. The maximum atomic E-state index is 13.0. The molecule has 0 amide bonds. The zero-order chi connectivity index (χ0) is 15.4. The molecule has 21 heavy (non-hydrogen) atoms. The van der Waals surface area contributed by atoms with Crippen LogP contribution in [0, 0.1) is 7.14 Å². The molecule has 108 valence electrons. The van der Waals surface area contributed by atoms with Crippen LogP contribution in [0.3, 0.4) is 0 Å². The number of carbonyl (C=O) groups is 1. The van der Waals surface area contributed by atoms with E-state index in [2.05, 4.69) is 45.2 Å². The lowest BCUT2D eigenvalue weighted by atomic mass is 9.97. The molecule has 0 fully saturated rings. The molecule has 0 unspecified atom stereocenters. The normalized spacial score (nSPS) is 11.3. The van der Waals surface area contributed by atoms with Gasteiger partial charge in [0.15, 0.2) is 5.78 Å². The van der Waals surface area contributed by atoms with Gasteiger partial charge in [0.25, 0.3) is 0 Å². The molecule has 0 aromatic heterocycles. The second-order valence-electron chi connectivity index (χ2n) is 4.80. The van der Waals surface area contributed by atoms with E-state index < -0.39 is 0 Å². The summed E-state index contributed by atoms with van der Waals surface area (Å²) in [5.74, 6) is 0.0535. The molecule has 0 atom stereocenters. The monoisotopic (exact) mass is 503 g/mol. The zero-order valence-corrected chi connectivity index (χ0v) is 16.1. The van der Waals surface area contributed by atoms with Crippen LogP contribution in [-0.2, 0) is 0 Å². The maximum absolute atomic E-state index is 13.0. The summed E-state index contributed by atoms with van der Waals surface area (Å²) >= 11 is 4.48. The second-order valence-corrected chi connectivity index (χ2v) is 7.12. The SMILES string of the molecule is CN(C)/C=C(/C(=O)c1ccccc1I)c1ccccc1I. The van der Waals surface area contributed by atoms with Crippen LogP contribution in [0.1, 0.15) is 15.9 Å². The molecule has 4 heteroatoms. The van der Waals surface area contributed by atoms with Crippen molar-refractivity contribution in [1.82, 2.24) is 4.90 Å². The van der Waals surface area contributed by atoms with E-state index in [9.17, 15) is 4.79 Å². The first-order chi connectivity index (χ1) is 10.0. The fraction of sp³-hybridized carbons (Fsp3) is 0.118. The third-order valence-electron chi connectivity index (χ3n) is 2.91. The van der Waals surface area contributed by atoms with E-state index in [-0.39, 0.29) is 5.78 Å². The van der Waals surface area contributed by atoms with Gasteiger partial charge in [-0.1, -0.05) is 30.3 Å². The number of benzene rings is 2. The van der Waals surface area contributed by atoms with Crippen LogP contribution >= 0.6 is 45.2 Å². The van der Waals surface area contributed by atoms with Crippen molar-refractivity contribution >= 4 is 56.5 Å². The van der Waals surface area contributed by atoms with E-state index in [4.69, 9.17) is 0 Å². The predicted molar refractivity (Wildman–Crippen MR) is 104 cm³/mol. The van der Waals surface area contributed by atoms with Gasteiger partial charge in [0.2, 0.25) is 0 Å². The Bertz CT molecular complexity index is 693. The topological polar surface area (TPSA) is 20.3 Å². The first-order valence-electron chi connectivity index (χ1n) is 6.43. The summed E-state index contributed by atoms with van der Waals surface area (Å²) in [4.78, 5) is 14.9. The Hall–Kier alpha value is -0.890. The third kappa shape index (κ3) is 4.06. The maximum Gasteiger partial charge on any atom is 0.196 e. The first kappa shape index (κ1) is 16.5. The summed E-state index contributed by atoms with van der Waals surface area (Å²) in [5.41, 5.74) is 2.43. The van der Waals surface area contributed by atoms with E-state index >= 15 is 0 Å². The van der Waals surface area contributed by atoms with Crippen LogP contribution in [0.25, 0.3) is 5.57 Å². The number of Topliss-reactive ketones (excluding diaryl/α,β-unsaturated/α-hetero) is 1. The number of halogens is 2. The van der Waals surface area contributed by atoms with Crippen molar-refractivity contribution in [3.05, 3.63) is 73.0 Å². The van der Waals surface area contributed by atoms with Crippen LogP contribution < -0.4 is 0 Å². The van der Waals surface area contributed by atoms with Crippen molar-refractivity contribution in [3.8, 4) is 0 Å². The Kier molecular flexibility index (Phi) is 5.80. The third-order valence-corrected chi connectivity index (χ3v) is 4.80. The van der Waals surface area contributed by atoms with Gasteiger partial charge in [0.05, 0.1) is 0 Å². The van der Waals surface area contributed by atoms with E-state index in [0.29, 0.717) is 5.57 Å². The quantitative estimate of drug-likeness (QED) is 0.344. The molecule has 0 saturated heterocycles. The predicted octanol–water partition coefficient (Wildman–Crippen LogP) is 4.68. The van der Waals surface area contributed by atoms with Crippen LogP contribution in [0.4, 0.5) is 0 Å². The molecule has 0 spiro atoms. The minimum Gasteiger partial charge on any atom is -0.383 e. The number of hydrogen-bond donors (Lipinski definition) is 0. The fourth-order valence-corrected chi connectivity index (χ4v) is 3.29. The van der Waals surface area contributed by atoms with Gasteiger partial charge in [-0.05, 0) is 63.4 Å². The van der Waals surface area contributed by atoms with Gasteiger partial charge in [-0.2, -0.15) is 0 Å². The number of rotatable bonds is 4. The second kappa shape index (κ2) is 7.40. The fourth-order valence-electron chi connectivity index (χ4n) is 1.98. The van der Waals surface area contributed by atoms with E-state index in [1.165, 1.54) is 0 Å². The molecular weight excluding hydrogens is 488 g/mol. The van der Waals surface area contributed by atoms with Crippen LogP contribution in [0.5, 0.6) is 0 Å². The Morgan fingerprint density at radius 3 is 1.86 bits per heavy atom. The smallest absolute Gasteiger partial charge is 0.196 e. The van der Waals surface area contributed by atoms with Crippen molar-refractivity contribution in [2.24, 2.45) is 0 Å². The molecular formula is C17H15I2NO. The van der Waals surface area contributed by atoms with Gasteiger partial charge in [-0.3, -0.25) is 4.79 Å². The summed E-state index contributed by atoms with van der Waals surface area (Å²) in [6.07, 6.45) is 1.89. The first-order valence-corrected chi connectivity index (χ1v) is 8.59. The van der Waals surface area contributed by atoms with E-state index in [1.54, 1.807) is 0 Å². The molecule has 0 bridgehead atoms. The van der Waals surface area contributed by atoms with Gasteiger partial charge in [0, 0.05) is 44.1 Å². The van der Waals surface area contributed by atoms with Crippen molar-refractivity contribution in [2.45, 2.75) is 0 Å². The summed E-state index contributed by atoms with van der Waals surface area (Å²) in [6, 6.07) is 15.6. The van der Waals surface area contributed by atoms with Crippen molar-refractivity contribution in [2.75, 3.05) is 14.1 Å². The molecule has 2 rings (SSSR count). The van der Waals surface area contributed by atoms with Gasteiger partial charge < -0.3 is 4.90 Å². The summed E-state index contributed by atoms with van der Waals surface area (Å²) in [7, 11) is 3.86. The number of hydrogen-bond acceptors (Lipinski definition) is 2. The summed E-state index contributed by atoms with van der Waals surface area (Å²) in [5, 5.41) is 0. The molecule has 0 heterocycles. The highest BCUT2D eigenvalue weighted by Gasteiger charge is 2.18. The average Bonchev–Trinajstić information content (AvgIpc) is 2.45. The largest absolute Gasteiger partial charge is 0.383 e. The van der Waals surface area contributed by atoms with Crippen molar-refractivity contribution < 1.29 is 4.79 Å². The number of nitrogens with zero attached hydrogens (tertiary/aromatic N) is 1.